The largest absolute Gasteiger partial charge is 0.377 e. The fourth-order valence-corrected chi connectivity index (χ4v) is 5.80. The molecular formula is C31H35N5O2. The van der Waals surface area contributed by atoms with Gasteiger partial charge in [-0.2, -0.15) is 0 Å². The number of hydrogen-bond donors (Lipinski definition) is 1. The smallest absolute Gasteiger partial charge is 0.275 e. The molecule has 0 radical (unpaired) electrons. The van der Waals surface area contributed by atoms with Crippen molar-refractivity contribution in [3.63, 3.8) is 0 Å². The van der Waals surface area contributed by atoms with Gasteiger partial charge in [-0.25, -0.2) is 9.97 Å². The van der Waals surface area contributed by atoms with Gasteiger partial charge in [-0.05, 0) is 55.4 Å². The second-order valence-electron chi connectivity index (χ2n) is 10.4. The first-order valence-electron chi connectivity index (χ1n) is 13.9. The Morgan fingerprint density at radius 2 is 1.84 bits per heavy atom. The van der Waals surface area contributed by atoms with E-state index in [1.165, 1.54) is 49.5 Å². The Hall–Kier alpha value is -3.71. The summed E-state index contributed by atoms with van der Waals surface area (Å²) in [5.41, 5.74) is 6.68. The molecule has 6 rings (SSSR count). The first-order chi connectivity index (χ1) is 18.8. The van der Waals surface area contributed by atoms with Crippen LogP contribution in [0.1, 0.15) is 63.0 Å². The normalized spacial score (nSPS) is 14.5. The van der Waals surface area contributed by atoms with Crippen molar-refractivity contribution >= 4 is 22.1 Å². The van der Waals surface area contributed by atoms with E-state index in [4.69, 9.17) is 9.72 Å². The third-order valence-corrected chi connectivity index (χ3v) is 7.81. The highest BCUT2D eigenvalue weighted by Crippen LogP contribution is 2.34. The second kappa shape index (κ2) is 11.4. The van der Waals surface area contributed by atoms with Crippen LogP contribution in [-0.4, -0.2) is 30.7 Å². The third-order valence-electron chi connectivity index (χ3n) is 7.81. The molecule has 1 N–H and O–H groups in total. The van der Waals surface area contributed by atoms with E-state index in [1.807, 2.05) is 24.5 Å². The van der Waals surface area contributed by atoms with Gasteiger partial charge in [-0.15, -0.1) is 0 Å². The number of aromatic nitrogens is 5. The summed E-state index contributed by atoms with van der Waals surface area (Å²) in [6.07, 6.45) is 15.0. The van der Waals surface area contributed by atoms with Crippen molar-refractivity contribution in [2.45, 2.75) is 70.6 Å². The van der Waals surface area contributed by atoms with Crippen LogP contribution in [-0.2, 0) is 17.9 Å². The summed E-state index contributed by atoms with van der Waals surface area (Å²) in [5, 5.41) is 0. The Labute approximate surface area is 222 Å². The highest BCUT2D eigenvalue weighted by Gasteiger charge is 2.19. The van der Waals surface area contributed by atoms with Crippen LogP contribution in [0.15, 0.2) is 72.2 Å². The number of nitrogens with zero attached hydrogens (tertiary/aromatic N) is 4. The molecule has 0 bridgehead atoms. The zero-order valence-electron chi connectivity index (χ0n) is 21.8. The van der Waals surface area contributed by atoms with E-state index >= 15 is 0 Å². The number of fused-ring (bicyclic) bond motifs is 2. The maximum Gasteiger partial charge on any atom is 0.275 e. The van der Waals surface area contributed by atoms with Crippen LogP contribution in [0.5, 0.6) is 0 Å². The van der Waals surface area contributed by atoms with Crippen LogP contribution >= 0.6 is 0 Å². The standard InChI is InChI=1S/C31H35N5O2/c37-31-30-29(32-21-33-31)26(19-35(30)16-8-3-9-17-38-20-23-10-4-1-5-11-23)24-14-15-28-27(18-24)34-22-36(28)25-12-6-2-7-13-25/h1,4-5,10-11,14-15,18-19,21-22,25H,2-3,6-9,12-13,16-17,20H2,(H,32,33,37). The molecule has 1 fully saturated rings. The minimum absolute atomic E-state index is 0.102. The van der Waals surface area contributed by atoms with Gasteiger partial charge in [0.05, 0.1) is 30.3 Å². The van der Waals surface area contributed by atoms with Crippen molar-refractivity contribution in [3.05, 3.63) is 83.3 Å². The summed E-state index contributed by atoms with van der Waals surface area (Å²) < 4.78 is 10.2. The quantitative estimate of drug-likeness (QED) is 0.214. The third kappa shape index (κ3) is 5.16. The van der Waals surface area contributed by atoms with Crippen molar-refractivity contribution < 1.29 is 4.74 Å². The lowest BCUT2D eigenvalue weighted by Gasteiger charge is -2.23. The minimum Gasteiger partial charge on any atom is -0.377 e. The van der Waals surface area contributed by atoms with E-state index in [2.05, 4.69) is 55.6 Å². The summed E-state index contributed by atoms with van der Waals surface area (Å²) >= 11 is 0. The average molecular weight is 510 g/mol. The van der Waals surface area contributed by atoms with Crippen molar-refractivity contribution in [1.82, 2.24) is 24.1 Å². The number of unbranched alkanes of at least 4 members (excludes halogenated alkanes) is 2. The molecule has 0 saturated heterocycles. The van der Waals surface area contributed by atoms with Crippen molar-refractivity contribution in [1.29, 1.82) is 0 Å². The fourth-order valence-electron chi connectivity index (χ4n) is 5.80. The summed E-state index contributed by atoms with van der Waals surface area (Å²) in [6.45, 7) is 2.15. The zero-order valence-corrected chi connectivity index (χ0v) is 21.8. The molecule has 0 atom stereocenters. The van der Waals surface area contributed by atoms with E-state index in [9.17, 15) is 4.79 Å². The fraction of sp³-hybridized carbons (Fsp3) is 0.387. The second-order valence-corrected chi connectivity index (χ2v) is 10.4. The number of aryl methyl sites for hydroxylation is 1. The molecule has 1 aliphatic carbocycles. The molecule has 7 nitrogen and oxygen atoms in total. The molecule has 0 unspecified atom stereocenters. The predicted molar refractivity (Wildman–Crippen MR) is 151 cm³/mol. The predicted octanol–water partition coefficient (Wildman–Crippen LogP) is 6.63. The van der Waals surface area contributed by atoms with E-state index in [1.54, 1.807) is 0 Å². The van der Waals surface area contributed by atoms with Gasteiger partial charge in [-0.3, -0.25) is 4.79 Å². The van der Waals surface area contributed by atoms with Crippen LogP contribution in [0.4, 0.5) is 0 Å². The SMILES string of the molecule is O=c1[nH]cnc2c(-c3ccc4c(c3)ncn4C3CCCCC3)cn(CCCCCOCc3ccccc3)c12. The van der Waals surface area contributed by atoms with Gasteiger partial charge in [-0.1, -0.05) is 55.7 Å². The van der Waals surface area contributed by atoms with E-state index < -0.39 is 0 Å². The van der Waals surface area contributed by atoms with Gasteiger partial charge >= 0.3 is 0 Å². The lowest BCUT2D eigenvalue weighted by molar-refractivity contribution is 0.116. The highest BCUT2D eigenvalue weighted by atomic mass is 16.5. The van der Waals surface area contributed by atoms with Crippen molar-refractivity contribution in [2.24, 2.45) is 0 Å². The van der Waals surface area contributed by atoms with Crippen LogP contribution in [0.25, 0.3) is 33.2 Å². The van der Waals surface area contributed by atoms with Gasteiger partial charge < -0.3 is 18.9 Å². The summed E-state index contributed by atoms with van der Waals surface area (Å²) in [4.78, 5) is 24.9. The van der Waals surface area contributed by atoms with Crippen molar-refractivity contribution in [2.75, 3.05) is 6.61 Å². The van der Waals surface area contributed by atoms with Crippen LogP contribution in [0.2, 0.25) is 0 Å². The molecular weight excluding hydrogens is 474 g/mol. The molecule has 196 valence electrons. The van der Waals surface area contributed by atoms with Crippen molar-refractivity contribution in [3.8, 4) is 11.1 Å². The number of rotatable bonds is 10. The Morgan fingerprint density at radius 1 is 0.974 bits per heavy atom. The van der Waals surface area contributed by atoms with Crippen LogP contribution < -0.4 is 5.56 Å². The number of nitrogens with one attached hydrogen (secondary N) is 1. The lowest BCUT2D eigenvalue weighted by atomic mass is 9.95. The van der Waals surface area contributed by atoms with E-state index in [0.717, 1.165) is 54.6 Å². The molecule has 7 heteroatoms. The number of hydrogen-bond acceptors (Lipinski definition) is 4. The molecule has 5 aromatic rings. The number of ether oxygens (including phenoxy) is 1. The first kappa shape index (κ1) is 24.6. The topological polar surface area (TPSA) is 77.7 Å². The minimum atomic E-state index is -0.102. The zero-order chi connectivity index (χ0) is 25.7. The maximum atomic E-state index is 12.8. The van der Waals surface area contributed by atoms with Gasteiger partial charge in [0, 0.05) is 31.0 Å². The summed E-state index contributed by atoms with van der Waals surface area (Å²) in [6, 6.07) is 17.3. The van der Waals surface area contributed by atoms with Gasteiger partial charge in [0.15, 0.2) is 0 Å². The van der Waals surface area contributed by atoms with Gasteiger partial charge in [0.25, 0.3) is 5.56 Å². The summed E-state index contributed by atoms with van der Waals surface area (Å²) in [7, 11) is 0. The Morgan fingerprint density at radius 3 is 2.71 bits per heavy atom. The van der Waals surface area contributed by atoms with Crippen LogP contribution in [0.3, 0.4) is 0 Å². The molecule has 2 aromatic carbocycles. The van der Waals surface area contributed by atoms with E-state index in [-0.39, 0.29) is 5.56 Å². The van der Waals surface area contributed by atoms with Gasteiger partial charge in [0.2, 0.25) is 0 Å². The monoisotopic (exact) mass is 509 g/mol. The number of aromatic amines is 1. The number of benzene rings is 2. The summed E-state index contributed by atoms with van der Waals surface area (Å²) in [5.74, 6) is 0. The first-order valence-corrected chi connectivity index (χ1v) is 13.9. The maximum absolute atomic E-state index is 12.8. The van der Waals surface area contributed by atoms with Crippen LogP contribution in [0, 0.1) is 0 Å². The molecule has 1 aliphatic rings. The molecule has 3 heterocycles. The molecule has 3 aromatic heterocycles. The number of imidazole rings is 1. The Bertz CT molecular complexity index is 1560. The molecule has 1 saturated carbocycles. The Kier molecular flexibility index (Phi) is 7.36. The molecule has 0 amide bonds. The molecule has 38 heavy (non-hydrogen) atoms. The highest BCUT2D eigenvalue weighted by molar-refractivity contribution is 5.94. The molecule has 0 spiro atoms. The Balaban J connectivity index is 1.15. The lowest BCUT2D eigenvalue weighted by Crippen LogP contribution is -2.11. The van der Waals surface area contributed by atoms with Gasteiger partial charge in [0.1, 0.15) is 11.0 Å². The molecule has 0 aliphatic heterocycles. The van der Waals surface area contributed by atoms with E-state index in [0.29, 0.717) is 18.2 Å². The number of H-pyrrole nitrogens is 1. The average Bonchev–Trinajstić information content (AvgIpc) is 3.56.